The van der Waals surface area contributed by atoms with Crippen LogP contribution >= 0.6 is 11.8 Å². The summed E-state index contributed by atoms with van der Waals surface area (Å²) in [6, 6.07) is 3.86. The fourth-order valence-electron chi connectivity index (χ4n) is 1.14. The maximum atomic E-state index is 13.0. The molecule has 17 heavy (non-hydrogen) atoms. The molecule has 0 fully saturated rings. The van der Waals surface area contributed by atoms with E-state index in [2.05, 4.69) is 0 Å². The van der Waals surface area contributed by atoms with Crippen molar-refractivity contribution >= 4 is 11.8 Å². The Morgan fingerprint density at radius 2 is 1.94 bits per heavy atom. The molecule has 0 unspecified atom stereocenters. The number of nitrogens with two attached hydrogens (primary N) is 1. The zero-order valence-corrected chi connectivity index (χ0v) is 9.58. The first-order valence-corrected chi connectivity index (χ1v) is 5.72. The van der Waals surface area contributed by atoms with E-state index in [1.165, 1.54) is 12.1 Å². The van der Waals surface area contributed by atoms with Gasteiger partial charge in [0.05, 0.1) is 6.61 Å². The predicted octanol–water partition coefficient (Wildman–Crippen LogP) is 2.92. The van der Waals surface area contributed by atoms with Gasteiger partial charge in [0, 0.05) is 18.4 Å². The predicted molar refractivity (Wildman–Crippen MR) is 58.3 cm³/mol. The second kappa shape index (κ2) is 6.11. The zero-order chi connectivity index (χ0) is 12.9. The molecule has 0 radical (unpaired) electrons. The molecule has 0 spiro atoms. The van der Waals surface area contributed by atoms with Gasteiger partial charge in [-0.3, -0.25) is 0 Å². The molecule has 0 aliphatic rings. The summed E-state index contributed by atoms with van der Waals surface area (Å²) in [7, 11) is 0. The van der Waals surface area contributed by atoms with Crippen LogP contribution < -0.4 is 10.5 Å². The van der Waals surface area contributed by atoms with E-state index in [1.54, 1.807) is 0 Å². The third kappa shape index (κ3) is 5.78. The second-order valence-corrected chi connectivity index (χ2v) is 4.30. The highest BCUT2D eigenvalue weighted by Crippen LogP contribution is 2.29. The Balaban J connectivity index is 2.44. The van der Waals surface area contributed by atoms with Crippen LogP contribution in [0, 0.1) is 5.82 Å². The molecule has 0 amide bonds. The summed E-state index contributed by atoms with van der Waals surface area (Å²) in [5, 5.41) is 0. The van der Waals surface area contributed by atoms with Crippen molar-refractivity contribution in [3.63, 3.8) is 0 Å². The number of alkyl halides is 3. The van der Waals surface area contributed by atoms with Crippen LogP contribution in [-0.4, -0.2) is 17.9 Å². The van der Waals surface area contributed by atoms with E-state index in [1.807, 2.05) is 0 Å². The first-order valence-electron chi connectivity index (χ1n) is 4.74. The van der Waals surface area contributed by atoms with Gasteiger partial charge in [0.25, 0.3) is 0 Å². The minimum absolute atomic E-state index is 0.141. The fraction of sp³-hybridized carbons (Fsp3) is 0.400. The van der Waals surface area contributed by atoms with Gasteiger partial charge < -0.3 is 10.5 Å². The monoisotopic (exact) mass is 269 g/mol. The van der Waals surface area contributed by atoms with Gasteiger partial charge in [-0.1, -0.05) is 0 Å². The van der Waals surface area contributed by atoms with Crippen LogP contribution in [0.15, 0.2) is 18.2 Å². The molecule has 0 atom stereocenters. The highest BCUT2D eigenvalue weighted by Gasteiger charge is 2.27. The standard InChI is InChI=1S/C10H11F4NOS/c11-8-3-7(6-15)4-9(5-8)16-1-2-17-10(12,13)14/h3-5H,1-2,6,15H2. The summed E-state index contributed by atoms with van der Waals surface area (Å²) in [6.45, 7) is 0.00304. The molecule has 0 bridgehead atoms. The van der Waals surface area contributed by atoms with E-state index in [0.717, 1.165) is 6.07 Å². The number of halogens is 4. The second-order valence-electron chi connectivity index (χ2n) is 3.14. The quantitative estimate of drug-likeness (QED) is 0.659. The number of hydrogen-bond acceptors (Lipinski definition) is 3. The summed E-state index contributed by atoms with van der Waals surface area (Å²) >= 11 is -0.176. The van der Waals surface area contributed by atoms with E-state index >= 15 is 0 Å². The average molecular weight is 269 g/mol. The lowest BCUT2D eigenvalue weighted by atomic mass is 10.2. The normalized spacial score (nSPS) is 11.6. The summed E-state index contributed by atoms with van der Waals surface area (Å²) in [6.07, 6.45) is 0. The van der Waals surface area contributed by atoms with Crippen LogP contribution in [0.2, 0.25) is 0 Å². The number of thioether (sulfide) groups is 1. The molecule has 0 heterocycles. The summed E-state index contributed by atoms with van der Waals surface area (Å²) in [5.41, 5.74) is 1.59. The van der Waals surface area contributed by atoms with Gasteiger partial charge >= 0.3 is 5.51 Å². The van der Waals surface area contributed by atoms with Crippen molar-refractivity contribution in [1.82, 2.24) is 0 Å². The molecule has 2 N–H and O–H groups in total. The van der Waals surface area contributed by atoms with Crippen LogP contribution in [0.4, 0.5) is 17.6 Å². The molecule has 0 aromatic heterocycles. The van der Waals surface area contributed by atoms with Crippen LogP contribution in [0.3, 0.4) is 0 Å². The van der Waals surface area contributed by atoms with Gasteiger partial charge in [0.15, 0.2) is 0 Å². The van der Waals surface area contributed by atoms with Crippen molar-refractivity contribution < 1.29 is 22.3 Å². The molecule has 1 rings (SSSR count). The molecule has 7 heteroatoms. The maximum absolute atomic E-state index is 13.0. The van der Waals surface area contributed by atoms with Crippen molar-refractivity contribution in [3.05, 3.63) is 29.6 Å². The largest absolute Gasteiger partial charge is 0.493 e. The topological polar surface area (TPSA) is 35.2 Å². The zero-order valence-electron chi connectivity index (χ0n) is 8.76. The van der Waals surface area contributed by atoms with Gasteiger partial charge in [-0.15, -0.1) is 0 Å². The van der Waals surface area contributed by atoms with E-state index in [-0.39, 0.29) is 36.4 Å². The lowest BCUT2D eigenvalue weighted by molar-refractivity contribution is -0.0329. The molecule has 1 aromatic rings. The third-order valence-electron chi connectivity index (χ3n) is 1.78. The van der Waals surface area contributed by atoms with Gasteiger partial charge in [0.1, 0.15) is 11.6 Å². The van der Waals surface area contributed by atoms with Crippen molar-refractivity contribution in [3.8, 4) is 5.75 Å². The van der Waals surface area contributed by atoms with E-state index in [0.29, 0.717) is 5.56 Å². The Labute approximate surface area is 100 Å². The molecule has 1 aromatic carbocycles. The molecule has 0 aliphatic carbocycles. The van der Waals surface area contributed by atoms with Crippen molar-refractivity contribution in [2.24, 2.45) is 5.73 Å². The summed E-state index contributed by atoms with van der Waals surface area (Å²) in [4.78, 5) is 0. The first-order chi connectivity index (χ1) is 7.90. The van der Waals surface area contributed by atoms with E-state index in [9.17, 15) is 17.6 Å². The van der Waals surface area contributed by atoms with Crippen molar-refractivity contribution in [2.75, 3.05) is 12.4 Å². The molecule has 96 valence electrons. The Morgan fingerprint density at radius 1 is 1.24 bits per heavy atom. The van der Waals surface area contributed by atoms with Crippen molar-refractivity contribution in [1.29, 1.82) is 0 Å². The third-order valence-corrected chi connectivity index (χ3v) is 2.48. The SMILES string of the molecule is NCc1cc(F)cc(OCCSC(F)(F)F)c1. The van der Waals surface area contributed by atoms with E-state index < -0.39 is 11.3 Å². The Hall–Kier alpha value is -0.950. The number of benzene rings is 1. The minimum Gasteiger partial charge on any atom is -0.493 e. The molecule has 2 nitrogen and oxygen atoms in total. The number of hydrogen-bond donors (Lipinski definition) is 1. The smallest absolute Gasteiger partial charge is 0.441 e. The minimum atomic E-state index is -4.27. The molecule has 0 aliphatic heterocycles. The molecular formula is C10H11F4NOS. The number of rotatable bonds is 5. The van der Waals surface area contributed by atoms with Crippen molar-refractivity contribution in [2.45, 2.75) is 12.1 Å². The highest BCUT2D eigenvalue weighted by molar-refractivity contribution is 8.00. The van der Waals surface area contributed by atoms with Gasteiger partial charge in [-0.2, -0.15) is 13.2 Å². The van der Waals surface area contributed by atoms with E-state index in [4.69, 9.17) is 10.5 Å². The van der Waals surface area contributed by atoms with Gasteiger partial charge in [-0.05, 0) is 29.5 Å². The Bertz CT molecular complexity index is 370. The molecular weight excluding hydrogens is 258 g/mol. The van der Waals surface area contributed by atoms with Crippen LogP contribution in [0.5, 0.6) is 5.75 Å². The van der Waals surface area contributed by atoms with Crippen LogP contribution in [0.25, 0.3) is 0 Å². The van der Waals surface area contributed by atoms with Gasteiger partial charge in [-0.25, -0.2) is 4.39 Å². The number of ether oxygens (including phenoxy) is 1. The highest BCUT2D eigenvalue weighted by atomic mass is 32.2. The average Bonchev–Trinajstić information content (AvgIpc) is 2.22. The maximum Gasteiger partial charge on any atom is 0.441 e. The Morgan fingerprint density at radius 3 is 2.53 bits per heavy atom. The van der Waals surface area contributed by atoms with Crippen LogP contribution in [0.1, 0.15) is 5.56 Å². The fourth-order valence-corrected chi connectivity index (χ4v) is 1.54. The summed E-state index contributed by atoms with van der Waals surface area (Å²) < 4.78 is 53.4. The van der Waals surface area contributed by atoms with Gasteiger partial charge in [0.2, 0.25) is 0 Å². The lowest BCUT2D eigenvalue weighted by Crippen LogP contribution is -2.08. The first kappa shape index (κ1) is 14.1. The van der Waals surface area contributed by atoms with Crippen LogP contribution in [-0.2, 0) is 6.54 Å². The molecule has 0 saturated carbocycles. The Kier molecular flexibility index (Phi) is 5.07. The lowest BCUT2D eigenvalue weighted by Gasteiger charge is -2.09. The summed E-state index contributed by atoms with van der Waals surface area (Å²) in [5.74, 6) is -0.572. The molecule has 0 saturated heterocycles.